The second-order valence-electron chi connectivity index (χ2n) is 5.90. The zero-order chi connectivity index (χ0) is 19.4. The SMILES string of the molecule is C=C(C)COc1ccc(-c2nc(N)ncc2Oc2ccccc2Br)c(O)c1. The fourth-order valence-electron chi connectivity index (χ4n) is 2.31. The monoisotopic (exact) mass is 427 g/mol. The number of para-hydroxylation sites is 1. The molecule has 3 N–H and O–H groups in total. The Morgan fingerprint density at radius 2 is 2.00 bits per heavy atom. The molecule has 0 saturated heterocycles. The first-order valence-electron chi connectivity index (χ1n) is 8.09. The first-order valence-corrected chi connectivity index (χ1v) is 8.89. The molecule has 6 nitrogen and oxygen atoms in total. The third-order valence-electron chi connectivity index (χ3n) is 3.54. The number of halogens is 1. The van der Waals surface area contributed by atoms with Crippen LogP contribution in [0, 0.1) is 0 Å². The molecule has 27 heavy (non-hydrogen) atoms. The van der Waals surface area contributed by atoms with Gasteiger partial charge in [0, 0.05) is 11.6 Å². The Hall–Kier alpha value is -3.06. The molecule has 1 aromatic heterocycles. The number of phenols is 1. The molecule has 0 radical (unpaired) electrons. The first-order chi connectivity index (χ1) is 12.9. The highest BCUT2D eigenvalue weighted by Crippen LogP contribution is 2.39. The molecule has 138 valence electrons. The summed E-state index contributed by atoms with van der Waals surface area (Å²) in [7, 11) is 0. The standard InChI is InChI=1S/C20H18BrN3O3/c1-12(2)11-26-13-7-8-14(16(25)9-13)19-18(10-23-20(22)24-19)27-17-6-4-3-5-15(17)21/h3-10,25H,1,11H2,2H3,(H2,22,23,24). The van der Waals surface area contributed by atoms with E-state index in [1.807, 2.05) is 25.1 Å². The summed E-state index contributed by atoms with van der Waals surface area (Å²) in [5, 5.41) is 10.5. The zero-order valence-electron chi connectivity index (χ0n) is 14.6. The molecule has 0 atom stereocenters. The Kier molecular flexibility index (Phi) is 5.61. The van der Waals surface area contributed by atoms with Gasteiger partial charge >= 0.3 is 0 Å². The number of nitrogens with two attached hydrogens (primary N) is 1. The van der Waals surface area contributed by atoms with Gasteiger partial charge in [0.15, 0.2) is 5.75 Å². The molecule has 1 heterocycles. The minimum absolute atomic E-state index is 0.00991. The molecule has 0 bridgehead atoms. The summed E-state index contributed by atoms with van der Waals surface area (Å²) >= 11 is 3.44. The van der Waals surface area contributed by atoms with Gasteiger partial charge in [-0.1, -0.05) is 18.7 Å². The van der Waals surface area contributed by atoms with Gasteiger partial charge in [0.25, 0.3) is 0 Å². The number of aromatic hydroxyl groups is 1. The van der Waals surface area contributed by atoms with Gasteiger partial charge in [0.2, 0.25) is 5.95 Å². The van der Waals surface area contributed by atoms with Crippen LogP contribution in [-0.4, -0.2) is 21.7 Å². The Bertz CT molecular complexity index is 992. The molecule has 7 heteroatoms. The number of rotatable bonds is 6. The highest BCUT2D eigenvalue weighted by atomic mass is 79.9. The Labute approximate surface area is 165 Å². The fraction of sp³-hybridized carbons (Fsp3) is 0.100. The van der Waals surface area contributed by atoms with Crippen molar-refractivity contribution >= 4 is 21.9 Å². The lowest BCUT2D eigenvalue weighted by atomic mass is 10.1. The fourth-order valence-corrected chi connectivity index (χ4v) is 2.67. The van der Waals surface area contributed by atoms with Crippen LogP contribution in [-0.2, 0) is 0 Å². The van der Waals surface area contributed by atoms with Gasteiger partial charge in [-0.3, -0.25) is 0 Å². The van der Waals surface area contributed by atoms with Crippen molar-refractivity contribution in [1.29, 1.82) is 0 Å². The van der Waals surface area contributed by atoms with Gasteiger partial charge in [0.1, 0.15) is 29.5 Å². The van der Waals surface area contributed by atoms with Gasteiger partial charge in [-0.15, -0.1) is 0 Å². The maximum atomic E-state index is 10.5. The number of hydrogen-bond acceptors (Lipinski definition) is 6. The first kappa shape index (κ1) is 18.7. The Morgan fingerprint density at radius 3 is 2.70 bits per heavy atom. The van der Waals surface area contributed by atoms with E-state index >= 15 is 0 Å². The van der Waals surface area contributed by atoms with E-state index in [1.54, 1.807) is 18.2 Å². The largest absolute Gasteiger partial charge is 0.507 e. The quantitative estimate of drug-likeness (QED) is 0.541. The molecule has 0 amide bonds. The second kappa shape index (κ2) is 8.09. The van der Waals surface area contributed by atoms with Gasteiger partial charge in [-0.2, -0.15) is 0 Å². The average Bonchev–Trinajstić information content (AvgIpc) is 2.63. The third kappa shape index (κ3) is 4.57. The van der Waals surface area contributed by atoms with E-state index in [9.17, 15) is 5.11 Å². The van der Waals surface area contributed by atoms with E-state index in [0.29, 0.717) is 35.1 Å². The van der Waals surface area contributed by atoms with Crippen molar-refractivity contribution in [2.75, 3.05) is 12.3 Å². The predicted octanol–water partition coefficient (Wildman–Crippen LogP) is 4.94. The maximum Gasteiger partial charge on any atom is 0.220 e. The maximum absolute atomic E-state index is 10.5. The summed E-state index contributed by atoms with van der Waals surface area (Å²) < 4.78 is 12.3. The normalized spacial score (nSPS) is 10.4. The van der Waals surface area contributed by atoms with Crippen molar-refractivity contribution in [1.82, 2.24) is 9.97 Å². The van der Waals surface area contributed by atoms with Crippen LogP contribution in [0.5, 0.6) is 23.0 Å². The summed E-state index contributed by atoms with van der Waals surface area (Å²) in [6.07, 6.45) is 1.47. The van der Waals surface area contributed by atoms with Crippen molar-refractivity contribution in [3.63, 3.8) is 0 Å². The molecule has 0 saturated carbocycles. The van der Waals surface area contributed by atoms with Crippen LogP contribution < -0.4 is 15.2 Å². The second-order valence-corrected chi connectivity index (χ2v) is 6.75. The van der Waals surface area contributed by atoms with E-state index in [4.69, 9.17) is 15.2 Å². The number of ether oxygens (including phenoxy) is 2. The average molecular weight is 428 g/mol. The molecule has 0 aliphatic carbocycles. The highest BCUT2D eigenvalue weighted by Gasteiger charge is 2.16. The van der Waals surface area contributed by atoms with Crippen LogP contribution in [0.1, 0.15) is 6.92 Å². The van der Waals surface area contributed by atoms with Crippen LogP contribution in [0.4, 0.5) is 5.95 Å². The molecule has 3 aromatic rings. The number of nitrogen functional groups attached to an aromatic ring is 1. The summed E-state index contributed by atoms with van der Waals surface area (Å²) in [6.45, 7) is 6.02. The summed E-state index contributed by atoms with van der Waals surface area (Å²) in [4.78, 5) is 8.24. The van der Waals surface area contributed by atoms with Crippen molar-refractivity contribution in [2.45, 2.75) is 6.92 Å². The van der Waals surface area contributed by atoms with Crippen LogP contribution in [0.3, 0.4) is 0 Å². The minimum atomic E-state index is -0.00991. The number of benzene rings is 2. The molecular weight excluding hydrogens is 410 g/mol. The summed E-state index contributed by atoms with van der Waals surface area (Å²) in [5.41, 5.74) is 7.46. The molecule has 3 rings (SSSR count). The number of nitrogens with zero attached hydrogens (tertiary/aromatic N) is 2. The third-order valence-corrected chi connectivity index (χ3v) is 4.20. The predicted molar refractivity (Wildman–Crippen MR) is 108 cm³/mol. The number of aromatic nitrogens is 2. The van der Waals surface area contributed by atoms with Gasteiger partial charge in [-0.25, -0.2) is 9.97 Å². The minimum Gasteiger partial charge on any atom is -0.507 e. The molecule has 0 unspecified atom stereocenters. The summed E-state index contributed by atoms with van der Waals surface area (Å²) in [5.74, 6) is 1.54. The van der Waals surface area contributed by atoms with Crippen LogP contribution in [0.15, 0.2) is 65.3 Å². The van der Waals surface area contributed by atoms with E-state index in [1.165, 1.54) is 12.3 Å². The number of hydrogen-bond donors (Lipinski definition) is 2. The van der Waals surface area contributed by atoms with E-state index in [0.717, 1.165) is 10.0 Å². The lowest BCUT2D eigenvalue weighted by Gasteiger charge is -2.13. The smallest absolute Gasteiger partial charge is 0.220 e. The molecular formula is C20H18BrN3O3. The van der Waals surface area contributed by atoms with Crippen molar-refractivity contribution < 1.29 is 14.6 Å². The molecule has 0 aliphatic rings. The highest BCUT2D eigenvalue weighted by molar-refractivity contribution is 9.10. The van der Waals surface area contributed by atoms with Gasteiger partial charge in [0.05, 0.1) is 10.7 Å². The van der Waals surface area contributed by atoms with Crippen LogP contribution in [0.2, 0.25) is 0 Å². The lowest BCUT2D eigenvalue weighted by Crippen LogP contribution is -2.00. The van der Waals surface area contributed by atoms with Crippen LogP contribution in [0.25, 0.3) is 11.3 Å². The molecule has 2 aromatic carbocycles. The molecule has 0 fully saturated rings. The number of phenolic OH excluding ortho intramolecular Hbond substituents is 1. The Morgan fingerprint density at radius 1 is 1.22 bits per heavy atom. The van der Waals surface area contributed by atoms with E-state index in [-0.39, 0.29) is 11.7 Å². The Balaban J connectivity index is 1.97. The van der Waals surface area contributed by atoms with Crippen molar-refractivity contribution in [2.24, 2.45) is 0 Å². The zero-order valence-corrected chi connectivity index (χ0v) is 16.2. The summed E-state index contributed by atoms with van der Waals surface area (Å²) in [6, 6.07) is 12.3. The van der Waals surface area contributed by atoms with Gasteiger partial charge < -0.3 is 20.3 Å². The number of anilines is 1. The van der Waals surface area contributed by atoms with Crippen LogP contribution >= 0.6 is 15.9 Å². The van der Waals surface area contributed by atoms with E-state index in [2.05, 4.69) is 32.5 Å². The van der Waals surface area contributed by atoms with Crippen molar-refractivity contribution in [3.05, 3.63) is 65.3 Å². The molecule has 0 spiro atoms. The lowest BCUT2D eigenvalue weighted by molar-refractivity contribution is 0.350. The topological polar surface area (TPSA) is 90.5 Å². The van der Waals surface area contributed by atoms with Gasteiger partial charge in [-0.05, 0) is 52.7 Å². The van der Waals surface area contributed by atoms with E-state index < -0.39 is 0 Å². The van der Waals surface area contributed by atoms with Crippen molar-refractivity contribution in [3.8, 4) is 34.3 Å². The molecule has 0 aliphatic heterocycles.